The zero-order valence-corrected chi connectivity index (χ0v) is 17.3. The number of benzene rings is 2. The summed E-state index contributed by atoms with van der Waals surface area (Å²) in [4.78, 5) is 26.5. The maximum atomic E-state index is 13.1. The highest BCUT2D eigenvalue weighted by atomic mass is 32.2. The predicted molar refractivity (Wildman–Crippen MR) is 114 cm³/mol. The first-order valence-electron chi connectivity index (χ1n) is 10.2. The zero-order valence-electron chi connectivity index (χ0n) is 16.5. The van der Waals surface area contributed by atoms with Gasteiger partial charge < -0.3 is 10.1 Å². The Balaban J connectivity index is 1.28. The Kier molecular flexibility index (Phi) is 5.04. The number of aryl methyl sites for hydroxylation is 1. The Bertz CT molecular complexity index is 1030. The molecule has 1 N–H and O–H groups in total. The van der Waals surface area contributed by atoms with Gasteiger partial charge in [0.15, 0.2) is 0 Å². The van der Waals surface area contributed by atoms with Crippen LogP contribution in [0.15, 0.2) is 47.4 Å². The number of nitrogens with one attached hydrogen (secondary N) is 1. The quantitative estimate of drug-likeness (QED) is 0.819. The summed E-state index contributed by atoms with van der Waals surface area (Å²) in [5.41, 5.74) is 3.78. The molecule has 2 aromatic rings. The van der Waals surface area contributed by atoms with Gasteiger partial charge in [0.25, 0.3) is 0 Å². The Morgan fingerprint density at radius 3 is 2.63 bits per heavy atom. The largest absolute Gasteiger partial charge is 0.444 e. The maximum absolute atomic E-state index is 13.1. The van der Waals surface area contributed by atoms with Crippen LogP contribution in [0.4, 0.5) is 16.2 Å². The van der Waals surface area contributed by atoms with E-state index in [1.54, 1.807) is 4.90 Å². The highest BCUT2D eigenvalue weighted by Crippen LogP contribution is 2.33. The third-order valence-electron chi connectivity index (χ3n) is 6.00. The van der Waals surface area contributed by atoms with Gasteiger partial charge in [-0.2, -0.15) is 0 Å². The number of ether oxygens (including phenoxy) is 1. The molecule has 2 aromatic carbocycles. The van der Waals surface area contributed by atoms with E-state index in [4.69, 9.17) is 4.74 Å². The van der Waals surface area contributed by atoms with E-state index in [2.05, 4.69) is 5.32 Å². The normalized spacial score (nSPS) is 20.7. The van der Waals surface area contributed by atoms with Crippen molar-refractivity contribution in [2.75, 3.05) is 23.3 Å². The van der Waals surface area contributed by atoms with E-state index in [0.29, 0.717) is 32.5 Å². The van der Waals surface area contributed by atoms with Crippen molar-refractivity contribution < 1.29 is 18.5 Å². The van der Waals surface area contributed by atoms with Crippen molar-refractivity contribution in [3.8, 4) is 0 Å². The number of carbonyl (C=O) groups is 2. The molecule has 8 heteroatoms. The lowest BCUT2D eigenvalue weighted by Gasteiger charge is -2.39. The second-order valence-electron chi connectivity index (χ2n) is 7.83. The van der Waals surface area contributed by atoms with Crippen molar-refractivity contribution in [1.82, 2.24) is 4.31 Å². The van der Waals surface area contributed by atoms with E-state index >= 15 is 0 Å². The average Bonchev–Trinajstić information content (AvgIpc) is 2.78. The van der Waals surface area contributed by atoms with Crippen molar-refractivity contribution >= 4 is 34.4 Å². The topological polar surface area (TPSA) is 79.0 Å². The van der Waals surface area contributed by atoms with Crippen LogP contribution in [0.3, 0.4) is 0 Å². The van der Waals surface area contributed by atoms with Crippen molar-refractivity contribution in [2.24, 2.45) is 0 Å². The van der Waals surface area contributed by atoms with Gasteiger partial charge in [0.05, 0.1) is 10.6 Å². The van der Waals surface area contributed by atoms with Crippen LogP contribution >= 0.6 is 0 Å². The van der Waals surface area contributed by atoms with E-state index in [-0.39, 0.29) is 18.0 Å². The fourth-order valence-electron chi connectivity index (χ4n) is 4.40. The number of hydrogen-bond donors (Lipinski definition) is 1. The van der Waals surface area contributed by atoms with Gasteiger partial charge in [0.1, 0.15) is 17.6 Å². The van der Waals surface area contributed by atoms with Gasteiger partial charge >= 0.3 is 6.09 Å². The maximum Gasteiger partial charge on any atom is 0.414 e. The SMILES string of the molecule is O=C1CCc2cc(S(=O)N3CCC(N4C(=O)OCc5ccccc54)CC3)ccc2N1. The van der Waals surface area contributed by atoms with Crippen LogP contribution in [-0.2, 0) is 33.5 Å². The number of cyclic esters (lactones) is 1. The van der Waals surface area contributed by atoms with Crippen molar-refractivity contribution in [3.05, 3.63) is 53.6 Å². The third-order valence-corrected chi connectivity index (χ3v) is 7.49. The molecule has 3 aliphatic rings. The number of fused-ring (bicyclic) bond motifs is 2. The Morgan fingerprint density at radius 1 is 1.00 bits per heavy atom. The molecule has 30 heavy (non-hydrogen) atoms. The Morgan fingerprint density at radius 2 is 1.80 bits per heavy atom. The van der Waals surface area contributed by atoms with Crippen molar-refractivity contribution in [1.29, 1.82) is 0 Å². The summed E-state index contributed by atoms with van der Waals surface area (Å²) in [6.07, 6.45) is 2.30. The van der Waals surface area contributed by atoms with Gasteiger partial charge in [-0.3, -0.25) is 9.69 Å². The minimum Gasteiger partial charge on any atom is -0.444 e. The summed E-state index contributed by atoms with van der Waals surface area (Å²) < 4.78 is 20.5. The summed E-state index contributed by atoms with van der Waals surface area (Å²) in [5, 5.41) is 2.86. The molecule has 0 aromatic heterocycles. The monoisotopic (exact) mass is 425 g/mol. The number of piperidine rings is 1. The molecule has 3 aliphatic heterocycles. The smallest absolute Gasteiger partial charge is 0.414 e. The first-order valence-corrected chi connectivity index (χ1v) is 11.3. The Hall–Kier alpha value is -2.71. The van der Waals surface area contributed by atoms with E-state index < -0.39 is 11.0 Å². The molecular weight excluding hydrogens is 402 g/mol. The lowest BCUT2D eigenvalue weighted by atomic mass is 10.0. The summed E-state index contributed by atoms with van der Waals surface area (Å²) in [6.45, 7) is 1.58. The zero-order chi connectivity index (χ0) is 20.7. The fraction of sp³-hybridized carbons (Fsp3) is 0.364. The van der Waals surface area contributed by atoms with Crippen LogP contribution in [0, 0.1) is 0 Å². The van der Waals surface area contributed by atoms with Gasteiger partial charge in [-0.25, -0.2) is 13.3 Å². The number of hydrogen-bond acceptors (Lipinski definition) is 4. The molecule has 1 atom stereocenters. The van der Waals surface area contributed by atoms with Crippen molar-refractivity contribution in [2.45, 2.75) is 43.2 Å². The molecule has 7 nitrogen and oxygen atoms in total. The van der Waals surface area contributed by atoms with Crippen LogP contribution in [0.2, 0.25) is 0 Å². The van der Waals surface area contributed by atoms with Crippen LogP contribution in [0.1, 0.15) is 30.4 Å². The first kappa shape index (κ1) is 19.3. The number of rotatable bonds is 3. The molecule has 0 bridgehead atoms. The second-order valence-corrected chi connectivity index (χ2v) is 9.32. The standard InChI is InChI=1S/C22H23N3O4S/c26-21-8-5-15-13-18(6-7-19(15)23-21)30(28)24-11-9-17(10-12-24)25-20-4-2-1-3-16(20)14-29-22(25)27/h1-4,6-7,13,17H,5,8-12,14H2,(H,23,26). The summed E-state index contributed by atoms with van der Waals surface area (Å²) >= 11 is 0. The molecule has 0 saturated carbocycles. The van der Waals surface area contributed by atoms with Gasteiger partial charge in [-0.05, 0) is 49.1 Å². The van der Waals surface area contributed by atoms with Gasteiger partial charge in [-0.1, -0.05) is 18.2 Å². The summed E-state index contributed by atoms with van der Waals surface area (Å²) in [7, 11) is -1.26. The van der Waals surface area contributed by atoms with Crippen LogP contribution in [0.5, 0.6) is 0 Å². The molecule has 2 amide bonds. The molecule has 5 rings (SSSR count). The summed E-state index contributed by atoms with van der Waals surface area (Å²) in [5.74, 6) is 0.0243. The predicted octanol–water partition coefficient (Wildman–Crippen LogP) is 3.22. The molecule has 156 valence electrons. The molecule has 0 radical (unpaired) electrons. The number of nitrogens with zero attached hydrogens (tertiary/aromatic N) is 2. The molecule has 3 heterocycles. The number of carbonyl (C=O) groups excluding carboxylic acids is 2. The van der Waals surface area contributed by atoms with Crippen LogP contribution in [0.25, 0.3) is 0 Å². The first-order chi connectivity index (χ1) is 14.6. The van der Waals surface area contributed by atoms with E-state index in [1.807, 2.05) is 46.8 Å². The minimum atomic E-state index is -1.26. The fourth-order valence-corrected chi connectivity index (χ4v) is 5.67. The highest BCUT2D eigenvalue weighted by molar-refractivity contribution is 7.82. The summed E-state index contributed by atoms with van der Waals surface area (Å²) in [6, 6.07) is 13.5. The molecule has 1 fully saturated rings. The Labute approximate surface area is 177 Å². The molecule has 1 saturated heterocycles. The minimum absolute atomic E-state index is 0.0243. The van der Waals surface area contributed by atoms with Gasteiger partial charge in [-0.15, -0.1) is 0 Å². The number of para-hydroxylation sites is 1. The number of anilines is 2. The van der Waals surface area contributed by atoms with Crippen LogP contribution in [-0.4, -0.2) is 39.6 Å². The lowest BCUT2D eigenvalue weighted by Crippen LogP contribution is -2.49. The number of amides is 2. The highest BCUT2D eigenvalue weighted by Gasteiger charge is 2.35. The molecule has 1 unspecified atom stereocenters. The molecule has 0 aliphatic carbocycles. The molecule has 0 spiro atoms. The van der Waals surface area contributed by atoms with E-state index in [1.165, 1.54) is 0 Å². The van der Waals surface area contributed by atoms with Crippen molar-refractivity contribution in [3.63, 3.8) is 0 Å². The average molecular weight is 426 g/mol. The third kappa shape index (κ3) is 3.50. The van der Waals surface area contributed by atoms with Gasteiger partial charge in [0.2, 0.25) is 5.91 Å². The molecular formula is C22H23N3O4S. The van der Waals surface area contributed by atoms with E-state index in [9.17, 15) is 13.8 Å². The second kappa shape index (κ2) is 7.85. The van der Waals surface area contributed by atoms with Crippen LogP contribution < -0.4 is 10.2 Å². The van der Waals surface area contributed by atoms with E-state index in [0.717, 1.165) is 40.2 Å². The lowest BCUT2D eigenvalue weighted by molar-refractivity contribution is -0.116. The van der Waals surface area contributed by atoms with Gasteiger partial charge in [0, 0.05) is 36.8 Å².